The number of aliphatic hydroxyl groups is 2. The lowest BCUT2D eigenvalue weighted by Crippen LogP contribution is -2.31. The Kier molecular flexibility index (Phi) is 6.86. The lowest BCUT2D eigenvalue weighted by molar-refractivity contribution is -0.137. The van der Waals surface area contributed by atoms with E-state index in [1.807, 2.05) is 0 Å². The van der Waals surface area contributed by atoms with Crippen LogP contribution in [0, 0.1) is 0 Å². The van der Waals surface area contributed by atoms with Crippen molar-refractivity contribution in [3.63, 3.8) is 0 Å². The van der Waals surface area contributed by atoms with Crippen LogP contribution in [-0.4, -0.2) is 62.2 Å². The second-order valence-corrected chi connectivity index (χ2v) is 4.57. The normalized spacial score (nSPS) is 11.0. The molecule has 0 amide bonds. The average molecular weight is 300 g/mol. The minimum Gasteiger partial charge on any atom is -0.503 e. The van der Waals surface area contributed by atoms with Gasteiger partial charge >= 0.3 is 5.97 Å². The van der Waals surface area contributed by atoms with Crippen molar-refractivity contribution in [3.8, 4) is 5.75 Å². The Morgan fingerprint density at radius 2 is 1.86 bits per heavy atom. The van der Waals surface area contributed by atoms with Crippen LogP contribution in [0.5, 0.6) is 5.75 Å². The highest BCUT2D eigenvalue weighted by Gasteiger charge is 2.11. The van der Waals surface area contributed by atoms with Crippen molar-refractivity contribution < 1.29 is 25.2 Å². The zero-order valence-electron chi connectivity index (χ0n) is 11.6. The van der Waals surface area contributed by atoms with E-state index in [0.717, 1.165) is 0 Å². The maximum Gasteiger partial charge on any atom is 0.305 e. The number of nitrogens with zero attached hydrogens (tertiary/aromatic N) is 2. The summed E-state index contributed by atoms with van der Waals surface area (Å²) >= 11 is 0. The molecule has 0 saturated carbocycles. The maximum absolute atomic E-state index is 11.5. The number of carbonyl (C=O) groups is 1. The fourth-order valence-electron chi connectivity index (χ4n) is 1.94. The molecule has 0 fully saturated rings. The minimum atomic E-state index is -0.985. The summed E-state index contributed by atoms with van der Waals surface area (Å²) in [5.74, 6) is -1.43. The van der Waals surface area contributed by atoms with Gasteiger partial charge in [-0.05, 0) is 0 Å². The standard InChI is InChI=1S/C13H20N2O6/c16-5-3-14(4-6-17)8-10-7-11(18)12(19)9-15(10)2-1-13(20)21/h7,9,16-17,19H,1-6,8H2,(H,20,21). The van der Waals surface area contributed by atoms with Gasteiger partial charge in [0.2, 0.25) is 5.43 Å². The monoisotopic (exact) mass is 300 g/mol. The Hall–Kier alpha value is -1.90. The van der Waals surface area contributed by atoms with Crippen molar-refractivity contribution in [1.82, 2.24) is 9.47 Å². The highest BCUT2D eigenvalue weighted by molar-refractivity contribution is 5.66. The van der Waals surface area contributed by atoms with E-state index in [1.54, 1.807) is 4.90 Å². The summed E-state index contributed by atoms with van der Waals surface area (Å²) in [5, 5.41) is 36.1. The first-order valence-corrected chi connectivity index (χ1v) is 6.56. The quantitative estimate of drug-likeness (QED) is 0.452. The zero-order chi connectivity index (χ0) is 15.8. The second kappa shape index (κ2) is 8.40. The topological polar surface area (TPSA) is 123 Å². The van der Waals surface area contributed by atoms with E-state index in [1.165, 1.54) is 16.8 Å². The van der Waals surface area contributed by atoms with Crippen LogP contribution in [0.2, 0.25) is 0 Å². The van der Waals surface area contributed by atoms with Crippen LogP contribution >= 0.6 is 0 Å². The molecular weight excluding hydrogens is 280 g/mol. The van der Waals surface area contributed by atoms with E-state index in [4.69, 9.17) is 15.3 Å². The predicted molar refractivity (Wildman–Crippen MR) is 74.1 cm³/mol. The number of hydrogen-bond acceptors (Lipinski definition) is 6. The number of aromatic hydroxyl groups is 1. The largest absolute Gasteiger partial charge is 0.503 e. The molecule has 118 valence electrons. The molecule has 8 heteroatoms. The van der Waals surface area contributed by atoms with Gasteiger partial charge in [0.1, 0.15) is 0 Å². The summed E-state index contributed by atoms with van der Waals surface area (Å²) in [4.78, 5) is 23.9. The van der Waals surface area contributed by atoms with Crippen LogP contribution in [-0.2, 0) is 17.9 Å². The van der Waals surface area contributed by atoms with E-state index in [2.05, 4.69) is 0 Å². The Labute approximate surface area is 121 Å². The molecule has 1 heterocycles. The molecule has 0 unspecified atom stereocenters. The van der Waals surface area contributed by atoms with Crippen molar-refractivity contribution in [2.75, 3.05) is 26.3 Å². The number of carboxylic acids is 1. The molecule has 0 spiro atoms. The van der Waals surface area contributed by atoms with Crippen LogP contribution in [0.25, 0.3) is 0 Å². The number of aryl methyl sites for hydroxylation is 1. The lowest BCUT2D eigenvalue weighted by Gasteiger charge is -2.22. The Balaban J connectivity index is 2.98. The van der Waals surface area contributed by atoms with Crippen LogP contribution in [0.3, 0.4) is 0 Å². The van der Waals surface area contributed by atoms with Gasteiger partial charge in [-0.25, -0.2) is 0 Å². The van der Waals surface area contributed by atoms with Crippen molar-refractivity contribution in [3.05, 3.63) is 28.2 Å². The molecule has 0 aliphatic rings. The van der Waals surface area contributed by atoms with Crippen molar-refractivity contribution >= 4 is 5.97 Å². The SMILES string of the molecule is O=C(O)CCn1cc(O)c(=O)cc1CN(CCO)CCO. The summed E-state index contributed by atoms with van der Waals surface area (Å²) in [6, 6.07) is 1.24. The Bertz CT molecular complexity index is 522. The first-order chi connectivity index (χ1) is 9.97. The molecule has 0 bridgehead atoms. The van der Waals surface area contributed by atoms with Gasteiger partial charge < -0.3 is 25.0 Å². The fraction of sp³-hybridized carbons (Fsp3) is 0.538. The summed E-state index contributed by atoms with van der Waals surface area (Å²) < 4.78 is 1.49. The summed E-state index contributed by atoms with van der Waals surface area (Å²) in [7, 11) is 0. The molecular formula is C13H20N2O6. The van der Waals surface area contributed by atoms with Crippen molar-refractivity contribution in [2.45, 2.75) is 19.5 Å². The van der Waals surface area contributed by atoms with Gasteiger partial charge in [0, 0.05) is 37.9 Å². The van der Waals surface area contributed by atoms with Crippen LogP contribution in [0.4, 0.5) is 0 Å². The lowest BCUT2D eigenvalue weighted by atomic mass is 10.2. The Morgan fingerprint density at radius 1 is 1.24 bits per heavy atom. The van der Waals surface area contributed by atoms with Gasteiger partial charge in [-0.15, -0.1) is 0 Å². The molecule has 0 aromatic carbocycles. The average Bonchev–Trinajstić information content (AvgIpc) is 2.41. The highest BCUT2D eigenvalue weighted by atomic mass is 16.4. The first kappa shape index (κ1) is 17.2. The van der Waals surface area contributed by atoms with Crippen LogP contribution in [0.15, 0.2) is 17.1 Å². The van der Waals surface area contributed by atoms with Gasteiger partial charge in [0.15, 0.2) is 5.75 Å². The smallest absolute Gasteiger partial charge is 0.305 e. The zero-order valence-corrected chi connectivity index (χ0v) is 11.6. The number of rotatable bonds is 9. The number of hydrogen-bond donors (Lipinski definition) is 4. The number of aliphatic carboxylic acids is 1. The van der Waals surface area contributed by atoms with E-state index in [-0.39, 0.29) is 32.7 Å². The molecule has 0 saturated heterocycles. The molecule has 21 heavy (non-hydrogen) atoms. The maximum atomic E-state index is 11.5. The van der Waals surface area contributed by atoms with E-state index < -0.39 is 17.1 Å². The summed E-state index contributed by atoms with van der Waals surface area (Å²) in [6.45, 7) is 0.804. The number of aliphatic hydroxyl groups excluding tert-OH is 2. The molecule has 0 aliphatic carbocycles. The van der Waals surface area contributed by atoms with E-state index >= 15 is 0 Å². The van der Waals surface area contributed by atoms with Crippen LogP contribution < -0.4 is 5.43 Å². The Morgan fingerprint density at radius 3 is 2.38 bits per heavy atom. The predicted octanol–water partition coefficient (Wildman–Crippen LogP) is -1.18. The molecule has 0 atom stereocenters. The molecule has 8 nitrogen and oxygen atoms in total. The van der Waals surface area contributed by atoms with E-state index in [9.17, 15) is 14.7 Å². The van der Waals surface area contributed by atoms with Gasteiger partial charge in [-0.1, -0.05) is 0 Å². The van der Waals surface area contributed by atoms with Gasteiger partial charge in [-0.2, -0.15) is 0 Å². The third-order valence-electron chi connectivity index (χ3n) is 2.98. The molecule has 0 aliphatic heterocycles. The third kappa shape index (κ3) is 5.54. The minimum absolute atomic E-state index is 0.0998. The molecule has 1 aromatic rings. The number of pyridine rings is 1. The van der Waals surface area contributed by atoms with Crippen molar-refractivity contribution in [2.24, 2.45) is 0 Å². The van der Waals surface area contributed by atoms with Crippen molar-refractivity contribution in [1.29, 1.82) is 0 Å². The molecule has 0 radical (unpaired) electrons. The third-order valence-corrected chi connectivity index (χ3v) is 2.98. The molecule has 1 rings (SSSR count). The molecule has 1 aromatic heterocycles. The second-order valence-electron chi connectivity index (χ2n) is 4.57. The fourth-order valence-corrected chi connectivity index (χ4v) is 1.94. The van der Waals surface area contributed by atoms with Crippen LogP contribution in [0.1, 0.15) is 12.1 Å². The van der Waals surface area contributed by atoms with Gasteiger partial charge in [0.25, 0.3) is 0 Å². The number of aromatic nitrogens is 1. The van der Waals surface area contributed by atoms with E-state index in [0.29, 0.717) is 18.8 Å². The van der Waals surface area contributed by atoms with Gasteiger partial charge in [-0.3, -0.25) is 14.5 Å². The molecule has 4 N–H and O–H groups in total. The summed E-state index contributed by atoms with van der Waals surface area (Å²) in [6.07, 6.45) is 1.06. The highest BCUT2D eigenvalue weighted by Crippen LogP contribution is 2.09. The number of carboxylic acid groups (broad SMARTS) is 1. The first-order valence-electron chi connectivity index (χ1n) is 6.56. The summed E-state index contributed by atoms with van der Waals surface area (Å²) in [5.41, 5.74) is -0.0366. The van der Waals surface area contributed by atoms with Gasteiger partial charge in [0.05, 0.1) is 25.8 Å².